The number of aliphatic hydroxyl groups excluding tert-OH is 2. The van der Waals surface area contributed by atoms with E-state index in [2.05, 4.69) is 13.8 Å². The molecule has 1 rings (SSSR count). The monoisotopic (exact) mass is 172 g/mol. The molecule has 0 radical (unpaired) electrons. The third-order valence-electron chi connectivity index (χ3n) is 3.75. The van der Waals surface area contributed by atoms with Crippen molar-refractivity contribution in [2.75, 3.05) is 13.2 Å². The maximum Gasteiger partial charge on any atom is 0.0514 e. The van der Waals surface area contributed by atoms with Crippen molar-refractivity contribution in [1.29, 1.82) is 0 Å². The van der Waals surface area contributed by atoms with Crippen LogP contribution in [0, 0.1) is 10.8 Å². The Balaban J connectivity index is 2.81. The quantitative estimate of drug-likeness (QED) is 0.663. The largest absolute Gasteiger partial charge is 0.396 e. The third kappa shape index (κ3) is 1.38. The molecule has 0 unspecified atom stereocenters. The topological polar surface area (TPSA) is 40.5 Å². The smallest absolute Gasteiger partial charge is 0.0514 e. The van der Waals surface area contributed by atoms with E-state index in [9.17, 15) is 10.2 Å². The van der Waals surface area contributed by atoms with Crippen LogP contribution in [0.15, 0.2) is 0 Å². The maximum atomic E-state index is 9.32. The van der Waals surface area contributed by atoms with E-state index in [4.69, 9.17) is 0 Å². The Morgan fingerprint density at radius 2 is 1.50 bits per heavy atom. The van der Waals surface area contributed by atoms with Gasteiger partial charge in [0, 0.05) is 5.41 Å². The standard InChI is InChI=1S/C10H20O2/c1-9(2)5-3-4-6-10(9,7-11)8-12/h11-12H,3-8H2,1-2H3. The van der Waals surface area contributed by atoms with Gasteiger partial charge in [-0.3, -0.25) is 0 Å². The second-order valence-corrected chi connectivity index (χ2v) is 4.69. The number of hydrogen-bond acceptors (Lipinski definition) is 2. The molecule has 0 heterocycles. The first kappa shape index (κ1) is 10.0. The summed E-state index contributed by atoms with van der Waals surface area (Å²) in [7, 11) is 0. The van der Waals surface area contributed by atoms with Crippen molar-refractivity contribution in [3.8, 4) is 0 Å². The van der Waals surface area contributed by atoms with Crippen LogP contribution in [0.4, 0.5) is 0 Å². The van der Waals surface area contributed by atoms with Crippen molar-refractivity contribution in [2.45, 2.75) is 39.5 Å². The summed E-state index contributed by atoms with van der Waals surface area (Å²) in [6, 6.07) is 0. The first-order valence-electron chi connectivity index (χ1n) is 4.80. The SMILES string of the molecule is CC1(C)CCCCC1(CO)CO. The number of hydrogen-bond donors (Lipinski definition) is 2. The van der Waals surface area contributed by atoms with Gasteiger partial charge in [0.25, 0.3) is 0 Å². The van der Waals surface area contributed by atoms with Gasteiger partial charge in [0.1, 0.15) is 0 Å². The maximum absolute atomic E-state index is 9.32. The highest BCUT2D eigenvalue weighted by atomic mass is 16.3. The molecule has 12 heavy (non-hydrogen) atoms. The predicted octanol–water partition coefficient (Wildman–Crippen LogP) is 1.56. The van der Waals surface area contributed by atoms with Crippen molar-refractivity contribution in [2.24, 2.45) is 10.8 Å². The highest BCUT2D eigenvalue weighted by Gasteiger charge is 2.45. The highest BCUT2D eigenvalue weighted by molar-refractivity contribution is 4.94. The zero-order chi connectivity index (χ0) is 9.24. The van der Waals surface area contributed by atoms with Gasteiger partial charge in [-0.25, -0.2) is 0 Å². The molecule has 0 amide bonds. The minimum absolute atomic E-state index is 0.0920. The van der Waals surface area contributed by atoms with E-state index < -0.39 is 0 Å². The van der Waals surface area contributed by atoms with Crippen LogP contribution in [0.5, 0.6) is 0 Å². The fourth-order valence-corrected chi connectivity index (χ4v) is 2.27. The van der Waals surface area contributed by atoms with E-state index in [1.165, 1.54) is 6.42 Å². The molecule has 72 valence electrons. The number of rotatable bonds is 2. The molecule has 1 saturated carbocycles. The average Bonchev–Trinajstić information content (AvgIpc) is 2.05. The molecule has 0 aromatic heterocycles. The molecule has 0 atom stereocenters. The predicted molar refractivity (Wildman–Crippen MR) is 48.9 cm³/mol. The van der Waals surface area contributed by atoms with Gasteiger partial charge in [-0.15, -0.1) is 0 Å². The lowest BCUT2D eigenvalue weighted by Crippen LogP contribution is -2.46. The summed E-state index contributed by atoms with van der Waals surface area (Å²) in [5, 5.41) is 18.6. The van der Waals surface area contributed by atoms with Crippen LogP contribution < -0.4 is 0 Å². The summed E-state index contributed by atoms with van der Waals surface area (Å²) in [6.45, 7) is 4.55. The fraction of sp³-hybridized carbons (Fsp3) is 1.00. The minimum Gasteiger partial charge on any atom is -0.396 e. The van der Waals surface area contributed by atoms with E-state index in [1.807, 2.05) is 0 Å². The van der Waals surface area contributed by atoms with Crippen molar-refractivity contribution in [1.82, 2.24) is 0 Å². The molecule has 0 saturated heterocycles. The minimum atomic E-state index is -0.231. The van der Waals surface area contributed by atoms with Gasteiger partial charge in [-0.2, -0.15) is 0 Å². The highest BCUT2D eigenvalue weighted by Crippen LogP contribution is 2.49. The van der Waals surface area contributed by atoms with Gasteiger partial charge >= 0.3 is 0 Å². The lowest BCUT2D eigenvalue weighted by molar-refractivity contribution is -0.0716. The summed E-state index contributed by atoms with van der Waals surface area (Å²) < 4.78 is 0. The van der Waals surface area contributed by atoms with Gasteiger partial charge in [0.15, 0.2) is 0 Å². The van der Waals surface area contributed by atoms with Crippen LogP contribution in [0.25, 0.3) is 0 Å². The molecule has 0 spiro atoms. The fourth-order valence-electron chi connectivity index (χ4n) is 2.27. The summed E-state index contributed by atoms with van der Waals surface area (Å²) in [5.74, 6) is 0. The molecule has 0 aliphatic heterocycles. The molecule has 0 aromatic carbocycles. The normalized spacial score (nSPS) is 27.0. The van der Waals surface area contributed by atoms with Crippen molar-refractivity contribution in [3.05, 3.63) is 0 Å². The Kier molecular flexibility index (Phi) is 2.79. The molecule has 1 fully saturated rings. The van der Waals surface area contributed by atoms with E-state index in [1.54, 1.807) is 0 Å². The molecule has 0 bridgehead atoms. The zero-order valence-electron chi connectivity index (χ0n) is 8.14. The summed E-state index contributed by atoms with van der Waals surface area (Å²) in [4.78, 5) is 0. The second kappa shape index (κ2) is 3.35. The Morgan fingerprint density at radius 3 is 1.83 bits per heavy atom. The Hall–Kier alpha value is -0.0800. The summed E-state index contributed by atoms with van der Waals surface area (Å²) in [6.07, 6.45) is 4.46. The lowest BCUT2D eigenvalue weighted by atomic mass is 9.58. The Labute approximate surface area is 74.6 Å². The molecule has 0 aromatic rings. The Morgan fingerprint density at radius 1 is 1.00 bits per heavy atom. The molecule has 2 nitrogen and oxygen atoms in total. The summed E-state index contributed by atoms with van der Waals surface area (Å²) >= 11 is 0. The van der Waals surface area contributed by atoms with E-state index in [-0.39, 0.29) is 24.0 Å². The summed E-state index contributed by atoms with van der Waals surface area (Å²) in [5.41, 5.74) is -0.139. The first-order valence-corrected chi connectivity index (χ1v) is 4.80. The zero-order valence-corrected chi connectivity index (χ0v) is 8.14. The van der Waals surface area contributed by atoms with Crippen LogP contribution in [-0.4, -0.2) is 23.4 Å². The van der Waals surface area contributed by atoms with Crippen LogP contribution in [0.2, 0.25) is 0 Å². The van der Waals surface area contributed by atoms with Gasteiger partial charge in [0.2, 0.25) is 0 Å². The molecule has 2 heteroatoms. The van der Waals surface area contributed by atoms with E-state index >= 15 is 0 Å². The third-order valence-corrected chi connectivity index (χ3v) is 3.75. The van der Waals surface area contributed by atoms with Crippen LogP contribution in [-0.2, 0) is 0 Å². The second-order valence-electron chi connectivity index (χ2n) is 4.69. The molecule has 1 aliphatic rings. The van der Waals surface area contributed by atoms with E-state index in [0.29, 0.717) is 0 Å². The van der Waals surface area contributed by atoms with Crippen molar-refractivity contribution in [3.63, 3.8) is 0 Å². The average molecular weight is 172 g/mol. The van der Waals surface area contributed by atoms with E-state index in [0.717, 1.165) is 19.3 Å². The molecular weight excluding hydrogens is 152 g/mol. The molecule has 2 N–H and O–H groups in total. The molecular formula is C10H20O2. The van der Waals surface area contributed by atoms with Gasteiger partial charge < -0.3 is 10.2 Å². The van der Waals surface area contributed by atoms with Gasteiger partial charge in [0.05, 0.1) is 13.2 Å². The van der Waals surface area contributed by atoms with Crippen LogP contribution in [0.1, 0.15) is 39.5 Å². The van der Waals surface area contributed by atoms with Crippen molar-refractivity contribution >= 4 is 0 Å². The molecule has 1 aliphatic carbocycles. The first-order chi connectivity index (χ1) is 5.58. The van der Waals surface area contributed by atoms with Gasteiger partial charge in [-0.05, 0) is 18.3 Å². The Bertz CT molecular complexity index is 148. The van der Waals surface area contributed by atoms with Crippen LogP contribution >= 0.6 is 0 Å². The van der Waals surface area contributed by atoms with Crippen LogP contribution in [0.3, 0.4) is 0 Å². The number of aliphatic hydroxyl groups is 2. The van der Waals surface area contributed by atoms with Crippen molar-refractivity contribution < 1.29 is 10.2 Å². The van der Waals surface area contributed by atoms with Gasteiger partial charge in [-0.1, -0.05) is 26.7 Å². The lowest BCUT2D eigenvalue weighted by Gasteiger charge is -2.48.